The van der Waals surface area contributed by atoms with E-state index in [0.717, 1.165) is 15.0 Å². The number of likely N-dealkylation sites (tertiary alicyclic amines) is 1. The van der Waals surface area contributed by atoms with Crippen molar-refractivity contribution < 1.29 is 28.7 Å². The number of pyridine rings is 1. The standard InChI is InChI=1S/C25H23ClFN7O6/c26-15-3-1-14(2-4-15)8-29-23(38)17-7-18-22(34(24(17)39)12-20(35)32-10-16(27)11-32)28-9-19(30-18)33-6-5-31(25(33)40)13-21(36)37/h1-4,7,9,16H,5-6,8,10-13H2,(H,29,38)(H,36,37). The van der Waals surface area contributed by atoms with Crippen molar-refractivity contribution in [2.24, 2.45) is 0 Å². The highest BCUT2D eigenvalue weighted by Gasteiger charge is 2.33. The number of anilines is 1. The third-order valence-corrected chi connectivity index (χ3v) is 6.82. The first kappa shape index (κ1) is 27.0. The van der Waals surface area contributed by atoms with E-state index in [1.165, 1.54) is 22.1 Å². The Morgan fingerprint density at radius 1 is 1.10 bits per heavy atom. The Morgan fingerprint density at radius 2 is 1.82 bits per heavy atom. The molecule has 1 aromatic carbocycles. The molecule has 0 unspecified atom stereocenters. The molecule has 208 valence electrons. The first-order chi connectivity index (χ1) is 19.1. The number of carboxylic acid groups (broad SMARTS) is 1. The third-order valence-electron chi connectivity index (χ3n) is 6.57. The molecule has 3 aromatic rings. The predicted octanol–water partition coefficient (Wildman–Crippen LogP) is 0.882. The van der Waals surface area contributed by atoms with Gasteiger partial charge in [-0.1, -0.05) is 23.7 Å². The minimum atomic E-state index is -1.16. The van der Waals surface area contributed by atoms with Crippen molar-refractivity contribution in [3.63, 3.8) is 0 Å². The number of aromatic nitrogens is 3. The fraction of sp³-hybridized carbons (Fsp3) is 0.320. The summed E-state index contributed by atoms with van der Waals surface area (Å²) in [4.78, 5) is 75.3. The van der Waals surface area contributed by atoms with E-state index in [1.54, 1.807) is 24.3 Å². The van der Waals surface area contributed by atoms with Crippen LogP contribution >= 0.6 is 11.6 Å². The van der Waals surface area contributed by atoms with Crippen LogP contribution in [0.2, 0.25) is 5.02 Å². The van der Waals surface area contributed by atoms with Crippen LogP contribution in [0.1, 0.15) is 15.9 Å². The summed E-state index contributed by atoms with van der Waals surface area (Å²) in [5.74, 6) is -2.34. The van der Waals surface area contributed by atoms with Crippen molar-refractivity contribution in [1.82, 2.24) is 29.7 Å². The van der Waals surface area contributed by atoms with E-state index in [9.17, 15) is 28.4 Å². The maximum atomic E-state index is 13.4. The first-order valence-corrected chi connectivity index (χ1v) is 12.6. The number of aliphatic carboxylic acids is 1. The number of benzene rings is 1. The summed E-state index contributed by atoms with van der Waals surface area (Å²) in [6.45, 7) is -0.763. The largest absolute Gasteiger partial charge is 0.480 e. The molecule has 40 heavy (non-hydrogen) atoms. The molecule has 15 heteroatoms. The van der Waals surface area contributed by atoms with Crippen molar-refractivity contribution >= 4 is 52.4 Å². The number of nitrogens with one attached hydrogen (secondary N) is 1. The van der Waals surface area contributed by atoms with Gasteiger partial charge in [-0.2, -0.15) is 0 Å². The van der Waals surface area contributed by atoms with Crippen LogP contribution in [-0.2, 0) is 22.7 Å². The van der Waals surface area contributed by atoms with Crippen LogP contribution in [0.15, 0.2) is 41.3 Å². The van der Waals surface area contributed by atoms with E-state index in [4.69, 9.17) is 16.7 Å². The molecule has 5 rings (SSSR count). The van der Waals surface area contributed by atoms with E-state index in [1.807, 2.05) is 0 Å². The molecule has 0 bridgehead atoms. The molecule has 2 fully saturated rings. The molecule has 2 aliphatic rings. The topological polar surface area (TPSA) is 158 Å². The number of fused-ring (bicyclic) bond motifs is 1. The highest BCUT2D eigenvalue weighted by atomic mass is 35.5. The average Bonchev–Trinajstić information content (AvgIpc) is 3.26. The number of hydrogen-bond acceptors (Lipinski definition) is 7. The van der Waals surface area contributed by atoms with Crippen molar-refractivity contribution in [3.05, 3.63) is 63.0 Å². The Bertz CT molecular complexity index is 1570. The second-order valence-corrected chi connectivity index (χ2v) is 9.78. The Morgan fingerprint density at radius 3 is 2.50 bits per heavy atom. The zero-order valence-electron chi connectivity index (χ0n) is 20.9. The molecular formula is C25H23ClFN7O6. The van der Waals surface area contributed by atoms with Crippen molar-refractivity contribution in [1.29, 1.82) is 0 Å². The second kappa shape index (κ2) is 10.9. The first-order valence-electron chi connectivity index (χ1n) is 12.2. The van der Waals surface area contributed by atoms with Gasteiger partial charge in [0.2, 0.25) is 5.91 Å². The van der Waals surface area contributed by atoms with Crippen LogP contribution in [0.5, 0.6) is 0 Å². The Labute approximate surface area is 230 Å². The summed E-state index contributed by atoms with van der Waals surface area (Å²) in [5, 5.41) is 12.2. The van der Waals surface area contributed by atoms with E-state index >= 15 is 0 Å². The lowest BCUT2D eigenvalue weighted by atomic mass is 10.2. The van der Waals surface area contributed by atoms with Gasteiger partial charge >= 0.3 is 12.0 Å². The third kappa shape index (κ3) is 5.43. The van der Waals surface area contributed by atoms with Gasteiger partial charge in [-0.05, 0) is 23.8 Å². The van der Waals surface area contributed by atoms with Crippen LogP contribution in [0, 0.1) is 0 Å². The zero-order valence-corrected chi connectivity index (χ0v) is 21.7. The Hall–Kier alpha value is -4.59. The van der Waals surface area contributed by atoms with Gasteiger partial charge in [0, 0.05) is 24.7 Å². The lowest BCUT2D eigenvalue weighted by molar-refractivity contribution is -0.139. The van der Waals surface area contributed by atoms with Crippen LogP contribution in [0.4, 0.5) is 15.0 Å². The van der Waals surface area contributed by atoms with Gasteiger partial charge in [0.05, 0.1) is 19.3 Å². The van der Waals surface area contributed by atoms with Crippen LogP contribution in [0.3, 0.4) is 0 Å². The van der Waals surface area contributed by atoms with E-state index in [2.05, 4.69) is 15.3 Å². The van der Waals surface area contributed by atoms with Gasteiger partial charge in [-0.15, -0.1) is 0 Å². The van der Waals surface area contributed by atoms with E-state index in [-0.39, 0.29) is 55.3 Å². The second-order valence-electron chi connectivity index (χ2n) is 9.34. The summed E-state index contributed by atoms with van der Waals surface area (Å²) in [6, 6.07) is 7.38. The van der Waals surface area contributed by atoms with E-state index in [0.29, 0.717) is 5.02 Å². The fourth-order valence-electron chi connectivity index (χ4n) is 4.42. The van der Waals surface area contributed by atoms with Crippen molar-refractivity contribution in [3.8, 4) is 0 Å². The quantitative estimate of drug-likeness (QED) is 0.403. The summed E-state index contributed by atoms with van der Waals surface area (Å²) in [7, 11) is 0. The monoisotopic (exact) mass is 571 g/mol. The highest BCUT2D eigenvalue weighted by Crippen LogP contribution is 2.21. The van der Waals surface area contributed by atoms with Gasteiger partial charge in [-0.3, -0.25) is 28.6 Å². The Balaban J connectivity index is 1.49. The molecule has 0 radical (unpaired) electrons. The van der Waals surface area contributed by atoms with Gasteiger partial charge in [0.1, 0.15) is 30.3 Å². The molecule has 2 aliphatic heterocycles. The number of hydrogen-bond donors (Lipinski definition) is 2. The van der Waals surface area contributed by atoms with Crippen LogP contribution < -0.4 is 15.8 Å². The molecule has 0 spiro atoms. The molecule has 0 saturated carbocycles. The molecular weight excluding hydrogens is 549 g/mol. The molecule has 2 aromatic heterocycles. The van der Waals surface area contributed by atoms with Gasteiger partial charge in [-0.25, -0.2) is 19.2 Å². The average molecular weight is 572 g/mol. The lowest BCUT2D eigenvalue weighted by Gasteiger charge is -2.34. The number of carboxylic acids is 1. The van der Waals surface area contributed by atoms with Crippen molar-refractivity contribution in [2.75, 3.05) is 37.6 Å². The highest BCUT2D eigenvalue weighted by molar-refractivity contribution is 6.30. The number of halogens is 2. The van der Waals surface area contributed by atoms with E-state index < -0.39 is 48.6 Å². The number of urea groups is 1. The summed E-state index contributed by atoms with van der Waals surface area (Å²) in [5.41, 5.74) is -0.333. The van der Waals surface area contributed by atoms with Crippen molar-refractivity contribution in [2.45, 2.75) is 19.3 Å². The fourth-order valence-corrected chi connectivity index (χ4v) is 4.55. The lowest BCUT2D eigenvalue weighted by Crippen LogP contribution is -2.53. The SMILES string of the molecule is O=C(O)CN1CCN(c2cnc3c(cc(C(=O)NCc4ccc(Cl)cc4)c(=O)n3CC(=O)N3CC(F)C3)n2)C1=O. The summed E-state index contributed by atoms with van der Waals surface area (Å²) < 4.78 is 14.3. The maximum absolute atomic E-state index is 13.4. The number of rotatable bonds is 8. The molecule has 2 saturated heterocycles. The number of carbonyl (C=O) groups is 4. The zero-order chi connectivity index (χ0) is 28.6. The molecule has 2 N–H and O–H groups in total. The molecule has 0 atom stereocenters. The van der Waals surface area contributed by atoms with Gasteiger partial charge in [0.25, 0.3) is 11.5 Å². The smallest absolute Gasteiger partial charge is 0.326 e. The normalized spacial score (nSPS) is 15.4. The summed E-state index contributed by atoms with van der Waals surface area (Å²) >= 11 is 5.90. The number of alkyl halides is 1. The minimum Gasteiger partial charge on any atom is -0.480 e. The van der Waals surface area contributed by atoms with Crippen LogP contribution in [0.25, 0.3) is 11.2 Å². The molecule has 13 nitrogen and oxygen atoms in total. The molecule has 0 aliphatic carbocycles. The van der Waals surface area contributed by atoms with Gasteiger partial charge in [0.15, 0.2) is 11.5 Å². The molecule has 4 amide bonds. The number of carbonyl (C=O) groups excluding carboxylic acids is 3. The molecule has 4 heterocycles. The number of amides is 4. The van der Waals surface area contributed by atoms with Gasteiger partial charge < -0.3 is 20.2 Å². The number of nitrogens with zero attached hydrogens (tertiary/aromatic N) is 6. The summed E-state index contributed by atoms with van der Waals surface area (Å²) in [6.07, 6.45) is 0.0929. The predicted molar refractivity (Wildman–Crippen MR) is 140 cm³/mol. The maximum Gasteiger partial charge on any atom is 0.326 e. The minimum absolute atomic E-state index is 0.0114. The van der Waals surface area contributed by atoms with Crippen LogP contribution in [-0.4, -0.2) is 92.2 Å². The Kier molecular flexibility index (Phi) is 7.34.